The molecule has 0 saturated heterocycles. The Hall–Kier alpha value is -3.06. The molecule has 26 heavy (non-hydrogen) atoms. The van der Waals surface area contributed by atoms with Gasteiger partial charge in [0.05, 0.1) is 5.41 Å². The third kappa shape index (κ3) is 1.56. The van der Waals surface area contributed by atoms with Crippen LogP contribution < -0.4 is 5.32 Å². The Bertz CT molecular complexity index is 1070. The average Bonchev–Trinajstić information content (AvgIpc) is 3.00. The van der Waals surface area contributed by atoms with Crippen molar-refractivity contribution < 1.29 is 0 Å². The lowest BCUT2D eigenvalue weighted by Crippen LogP contribution is -2.33. The van der Waals surface area contributed by atoms with E-state index in [9.17, 15) is 0 Å². The van der Waals surface area contributed by atoms with Gasteiger partial charge in [0.1, 0.15) is 0 Å². The van der Waals surface area contributed by atoms with Crippen LogP contribution in [0.4, 0.5) is 11.4 Å². The van der Waals surface area contributed by atoms with Crippen LogP contribution >= 0.6 is 0 Å². The number of para-hydroxylation sites is 2. The molecule has 0 amide bonds. The number of fused-ring (bicyclic) bond motifs is 9. The topological polar surface area (TPSA) is 12.0 Å². The van der Waals surface area contributed by atoms with Gasteiger partial charge in [-0.25, -0.2) is 0 Å². The molecule has 3 aromatic carbocycles. The average molecular weight is 333 g/mol. The fraction of sp³-hybridized carbons (Fsp3) is 0.120. The Kier molecular flexibility index (Phi) is 2.71. The normalized spacial score (nSPS) is 18.0. The molecule has 1 N–H and O–H groups in total. The van der Waals surface area contributed by atoms with Gasteiger partial charge in [0, 0.05) is 11.4 Å². The fourth-order valence-electron chi connectivity index (χ4n) is 5.18. The lowest BCUT2D eigenvalue weighted by atomic mass is 9.64. The van der Waals surface area contributed by atoms with E-state index in [4.69, 9.17) is 0 Å². The molecular formula is C25H19N. The van der Waals surface area contributed by atoms with Gasteiger partial charge < -0.3 is 5.32 Å². The zero-order chi connectivity index (χ0) is 17.1. The molecule has 1 spiro atoms. The summed E-state index contributed by atoms with van der Waals surface area (Å²) < 4.78 is 0. The molecule has 0 radical (unpaired) electrons. The van der Waals surface area contributed by atoms with Gasteiger partial charge in [-0.2, -0.15) is 0 Å². The molecule has 0 fully saturated rings. The molecule has 124 valence electrons. The molecule has 3 aromatic rings. The van der Waals surface area contributed by atoms with Gasteiger partial charge >= 0.3 is 0 Å². The second kappa shape index (κ2) is 4.98. The number of rotatable bonds is 0. The Labute approximate surface area is 153 Å². The lowest BCUT2D eigenvalue weighted by Gasteiger charge is -2.41. The van der Waals surface area contributed by atoms with Crippen LogP contribution in [0.5, 0.6) is 0 Å². The summed E-state index contributed by atoms with van der Waals surface area (Å²) in [5.41, 5.74) is 10.7. The van der Waals surface area contributed by atoms with Crippen LogP contribution in [0.3, 0.4) is 0 Å². The smallest absolute Gasteiger partial charge is 0.0750 e. The van der Waals surface area contributed by atoms with Gasteiger partial charge in [0.15, 0.2) is 0 Å². The van der Waals surface area contributed by atoms with Crippen LogP contribution in [0.25, 0.3) is 5.57 Å². The minimum Gasteiger partial charge on any atom is -0.355 e. The van der Waals surface area contributed by atoms with Crippen LogP contribution in [0.15, 0.2) is 90.5 Å². The molecule has 3 aliphatic rings. The lowest BCUT2D eigenvalue weighted by molar-refractivity contribution is 0.754. The fourth-order valence-corrected chi connectivity index (χ4v) is 5.18. The summed E-state index contributed by atoms with van der Waals surface area (Å²) in [6.07, 6.45) is 7.17. The Morgan fingerprint density at radius 3 is 1.92 bits per heavy atom. The van der Waals surface area contributed by atoms with Crippen LogP contribution in [0.2, 0.25) is 0 Å². The number of anilines is 2. The van der Waals surface area contributed by atoms with E-state index < -0.39 is 0 Å². The number of allylic oxidation sites excluding steroid dienone is 4. The van der Waals surface area contributed by atoms with E-state index in [0.29, 0.717) is 0 Å². The highest BCUT2D eigenvalue weighted by Gasteiger charge is 2.51. The monoisotopic (exact) mass is 333 g/mol. The van der Waals surface area contributed by atoms with Crippen molar-refractivity contribution in [1.29, 1.82) is 0 Å². The number of hydrogen-bond donors (Lipinski definition) is 1. The molecule has 0 unspecified atom stereocenters. The molecular weight excluding hydrogens is 314 g/mol. The first-order valence-corrected chi connectivity index (χ1v) is 9.38. The maximum atomic E-state index is 3.67. The van der Waals surface area contributed by atoms with Gasteiger partial charge in [-0.1, -0.05) is 72.8 Å². The predicted octanol–water partition coefficient (Wildman–Crippen LogP) is 6.20. The molecule has 0 atom stereocenters. The maximum Gasteiger partial charge on any atom is 0.0750 e. The van der Waals surface area contributed by atoms with E-state index in [1.54, 1.807) is 0 Å². The summed E-state index contributed by atoms with van der Waals surface area (Å²) in [5.74, 6) is 0. The third-order valence-electron chi connectivity index (χ3n) is 6.11. The Balaban J connectivity index is 1.83. The van der Waals surface area contributed by atoms with Crippen molar-refractivity contribution >= 4 is 16.9 Å². The number of hydrogen-bond acceptors (Lipinski definition) is 1. The predicted molar refractivity (Wildman–Crippen MR) is 108 cm³/mol. The van der Waals surface area contributed by atoms with Crippen molar-refractivity contribution in [2.75, 3.05) is 5.32 Å². The molecule has 6 rings (SSSR count). The van der Waals surface area contributed by atoms with Crippen LogP contribution in [-0.4, -0.2) is 0 Å². The van der Waals surface area contributed by atoms with E-state index in [-0.39, 0.29) is 5.41 Å². The summed E-state index contributed by atoms with van der Waals surface area (Å²) in [6.45, 7) is 0. The minimum absolute atomic E-state index is 0.207. The highest BCUT2D eigenvalue weighted by atomic mass is 14.9. The first kappa shape index (κ1) is 14.1. The van der Waals surface area contributed by atoms with E-state index in [0.717, 1.165) is 12.8 Å². The van der Waals surface area contributed by atoms with Crippen molar-refractivity contribution in [3.05, 3.63) is 113 Å². The van der Waals surface area contributed by atoms with E-state index in [1.807, 2.05) is 0 Å². The summed E-state index contributed by atoms with van der Waals surface area (Å²) in [6, 6.07) is 26.6. The third-order valence-corrected chi connectivity index (χ3v) is 6.11. The first-order chi connectivity index (χ1) is 12.9. The highest BCUT2D eigenvalue weighted by Crippen LogP contribution is 2.62. The Morgan fingerprint density at radius 1 is 0.615 bits per heavy atom. The van der Waals surface area contributed by atoms with Crippen LogP contribution in [0, 0.1) is 0 Å². The quantitative estimate of drug-likeness (QED) is 0.517. The molecule has 0 aromatic heterocycles. The molecule has 1 heterocycles. The van der Waals surface area contributed by atoms with Crippen molar-refractivity contribution in [3.63, 3.8) is 0 Å². The second-order valence-electron chi connectivity index (χ2n) is 7.32. The van der Waals surface area contributed by atoms with Gasteiger partial charge in [-0.3, -0.25) is 0 Å². The van der Waals surface area contributed by atoms with E-state index in [1.165, 1.54) is 44.8 Å². The first-order valence-electron chi connectivity index (χ1n) is 9.38. The summed E-state index contributed by atoms with van der Waals surface area (Å²) >= 11 is 0. The second-order valence-corrected chi connectivity index (χ2v) is 7.32. The zero-order valence-corrected chi connectivity index (χ0v) is 14.5. The van der Waals surface area contributed by atoms with E-state index in [2.05, 4.69) is 90.3 Å². The van der Waals surface area contributed by atoms with Crippen molar-refractivity contribution in [2.24, 2.45) is 0 Å². The largest absolute Gasteiger partial charge is 0.355 e. The standard InChI is InChI=1S/C25H19N/c1-3-11-19-17(9-1)18-10-2-4-12-20(18)25(19)21-13-5-7-15-23(21)26-24-16-8-6-14-22(24)25/h1,3,5-16,26H,2,4H2. The molecule has 1 heteroatoms. The molecule has 0 bridgehead atoms. The van der Waals surface area contributed by atoms with Gasteiger partial charge in [-0.05, 0) is 58.4 Å². The number of nitrogens with one attached hydrogen (secondary N) is 1. The molecule has 1 aliphatic heterocycles. The van der Waals surface area contributed by atoms with Crippen molar-refractivity contribution in [1.82, 2.24) is 0 Å². The van der Waals surface area contributed by atoms with Crippen LogP contribution in [0.1, 0.15) is 35.1 Å². The molecule has 2 aliphatic carbocycles. The van der Waals surface area contributed by atoms with Gasteiger partial charge in [-0.15, -0.1) is 0 Å². The Morgan fingerprint density at radius 2 is 1.19 bits per heavy atom. The summed E-state index contributed by atoms with van der Waals surface area (Å²) in [4.78, 5) is 0. The highest BCUT2D eigenvalue weighted by molar-refractivity contribution is 5.98. The summed E-state index contributed by atoms with van der Waals surface area (Å²) in [5, 5.41) is 3.67. The van der Waals surface area contributed by atoms with Crippen molar-refractivity contribution in [3.8, 4) is 0 Å². The maximum absolute atomic E-state index is 3.67. The molecule has 0 saturated carbocycles. The summed E-state index contributed by atoms with van der Waals surface area (Å²) in [7, 11) is 0. The number of benzene rings is 3. The van der Waals surface area contributed by atoms with Crippen LogP contribution in [-0.2, 0) is 5.41 Å². The van der Waals surface area contributed by atoms with Crippen molar-refractivity contribution in [2.45, 2.75) is 18.3 Å². The van der Waals surface area contributed by atoms with E-state index >= 15 is 0 Å². The zero-order valence-electron chi connectivity index (χ0n) is 14.5. The molecule has 1 nitrogen and oxygen atoms in total. The SMILES string of the molecule is C1=C2C(=CCC1)C1(c3ccccc3Nc3ccccc31)c1ccccc12. The van der Waals surface area contributed by atoms with Gasteiger partial charge in [0.25, 0.3) is 0 Å². The minimum atomic E-state index is -0.207. The van der Waals surface area contributed by atoms with Gasteiger partial charge in [0.2, 0.25) is 0 Å².